The molecule has 4 N–H and O–H groups in total. The second kappa shape index (κ2) is 6.78. The minimum absolute atomic E-state index is 0.0789. The highest BCUT2D eigenvalue weighted by Gasteiger charge is 2.12. The lowest BCUT2D eigenvalue weighted by Crippen LogP contribution is -2.19. The van der Waals surface area contributed by atoms with E-state index in [-0.39, 0.29) is 16.5 Å². The van der Waals surface area contributed by atoms with Gasteiger partial charge in [-0.15, -0.1) is 0 Å². The Morgan fingerprint density at radius 3 is 2.55 bits per heavy atom. The molecule has 2 aromatic carbocycles. The topological polar surface area (TPSA) is 93.2 Å². The fraction of sp³-hybridized carbons (Fsp3) is 0. The number of hydrogen-bond donors (Lipinski definition) is 3. The van der Waals surface area contributed by atoms with Crippen molar-refractivity contribution >= 4 is 63.3 Å². The van der Waals surface area contributed by atoms with Crippen molar-refractivity contribution < 1.29 is 4.92 Å². The first-order valence-corrected chi connectivity index (χ1v) is 7.10. The molecule has 0 saturated heterocycles. The molecular formula is C13H10Cl2N4O2S. The van der Waals surface area contributed by atoms with E-state index in [0.29, 0.717) is 21.4 Å². The Balaban J connectivity index is 2.12. The van der Waals surface area contributed by atoms with Gasteiger partial charge in [0.15, 0.2) is 5.11 Å². The number of anilines is 3. The van der Waals surface area contributed by atoms with Crippen LogP contribution in [0.1, 0.15) is 0 Å². The molecule has 0 aromatic heterocycles. The molecule has 6 nitrogen and oxygen atoms in total. The Kier molecular flexibility index (Phi) is 5.02. The summed E-state index contributed by atoms with van der Waals surface area (Å²) in [7, 11) is 0. The van der Waals surface area contributed by atoms with Crippen LogP contribution in [0.3, 0.4) is 0 Å². The molecule has 0 spiro atoms. The normalized spacial score (nSPS) is 10.1. The third-order valence-electron chi connectivity index (χ3n) is 2.66. The molecule has 2 aromatic rings. The summed E-state index contributed by atoms with van der Waals surface area (Å²) in [5, 5.41) is 17.7. The number of nitrogen functional groups attached to an aromatic ring is 1. The van der Waals surface area contributed by atoms with Crippen LogP contribution in [0.4, 0.5) is 22.7 Å². The van der Waals surface area contributed by atoms with Crippen LogP contribution in [0.15, 0.2) is 36.4 Å². The van der Waals surface area contributed by atoms with Gasteiger partial charge in [-0.3, -0.25) is 10.1 Å². The second-order valence-corrected chi connectivity index (χ2v) is 5.49. The molecular weight excluding hydrogens is 347 g/mol. The van der Waals surface area contributed by atoms with Crippen molar-refractivity contribution in [3.63, 3.8) is 0 Å². The smallest absolute Gasteiger partial charge is 0.294 e. The van der Waals surface area contributed by atoms with Crippen LogP contribution in [0, 0.1) is 10.1 Å². The first kappa shape index (κ1) is 16.3. The van der Waals surface area contributed by atoms with Crippen LogP contribution in [0.25, 0.3) is 0 Å². The van der Waals surface area contributed by atoms with Crippen molar-refractivity contribution in [1.29, 1.82) is 0 Å². The molecule has 0 aliphatic heterocycles. The van der Waals surface area contributed by atoms with E-state index in [4.69, 9.17) is 41.2 Å². The highest BCUT2D eigenvalue weighted by Crippen LogP contribution is 2.27. The number of hydrogen-bond acceptors (Lipinski definition) is 4. The highest BCUT2D eigenvalue weighted by atomic mass is 35.5. The van der Waals surface area contributed by atoms with E-state index in [9.17, 15) is 10.1 Å². The summed E-state index contributed by atoms with van der Waals surface area (Å²) in [6.07, 6.45) is 0. The first-order valence-electron chi connectivity index (χ1n) is 5.94. The lowest BCUT2D eigenvalue weighted by molar-refractivity contribution is -0.383. The van der Waals surface area contributed by atoms with Gasteiger partial charge in [-0.25, -0.2) is 0 Å². The van der Waals surface area contributed by atoms with Crippen LogP contribution >= 0.6 is 35.4 Å². The van der Waals surface area contributed by atoms with Crippen molar-refractivity contribution in [3.05, 3.63) is 56.6 Å². The zero-order valence-electron chi connectivity index (χ0n) is 11.0. The largest absolute Gasteiger partial charge is 0.393 e. The minimum Gasteiger partial charge on any atom is -0.393 e. The molecule has 0 unspecified atom stereocenters. The van der Waals surface area contributed by atoms with Crippen LogP contribution in [0.2, 0.25) is 10.0 Å². The molecule has 0 fully saturated rings. The van der Waals surface area contributed by atoms with E-state index < -0.39 is 4.92 Å². The Labute approximate surface area is 141 Å². The Morgan fingerprint density at radius 1 is 1.18 bits per heavy atom. The maximum atomic E-state index is 10.8. The van der Waals surface area contributed by atoms with Gasteiger partial charge < -0.3 is 16.4 Å². The number of nitro benzene ring substituents is 1. The Hall–Kier alpha value is -2.09. The van der Waals surface area contributed by atoms with Crippen LogP contribution in [0.5, 0.6) is 0 Å². The molecule has 0 aliphatic rings. The van der Waals surface area contributed by atoms with Crippen LogP contribution < -0.4 is 16.4 Å². The maximum absolute atomic E-state index is 10.8. The molecule has 0 saturated carbocycles. The molecule has 0 amide bonds. The second-order valence-electron chi connectivity index (χ2n) is 4.23. The third kappa shape index (κ3) is 3.97. The first-order chi connectivity index (χ1) is 10.4. The van der Waals surface area contributed by atoms with E-state index in [2.05, 4.69) is 10.6 Å². The van der Waals surface area contributed by atoms with Gasteiger partial charge >= 0.3 is 0 Å². The summed E-state index contributed by atoms with van der Waals surface area (Å²) in [5.41, 5.74) is 6.41. The van der Waals surface area contributed by atoms with Gasteiger partial charge in [-0.2, -0.15) is 0 Å². The standard InChI is InChI=1S/C13H10Cl2N4O2S/c14-7-1-4-11(9(15)5-7)18-13(22)17-8-2-3-10(16)12(6-8)19(20)21/h1-6H,16H2,(H2,17,18,22). The van der Waals surface area contributed by atoms with E-state index in [1.807, 2.05) is 0 Å². The highest BCUT2D eigenvalue weighted by molar-refractivity contribution is 7.80. The van der Waals surface area contributed by atoms with Gasteiger partial charge in [0.2, 0.25) is 0 Å². The van der Waals surface area contributed by atoms with Gasteiger partial charge in [-0.05, 0) is 42.5 Å². The average molecular weight is 357 g/mol. The van der Waals surface area contributed by atoms with Crippen molar-refractivity contribution in [3.8, 4) is 0 Å². The average Bonchev–Trinajstić information content (AvgIpc) is 2.44. The number of nitro groups is 1. The molecule has 0 radical (unpaired) electrons. The summed E-state index contributed by atoms with van der Waals surface area (Å²) in [6.45, 7) is 0. The van der Waals surface area contributed by atoms with Crippen molar-refractivity contribution in [2.45, 2.75) is 0 Å². The van der Waals surface area contributed by atoms with Crippen LogP contribution in [-0.2, 0) is 0 Å². The predicted molar refractivity (Wildman–Crippen MR) is 93.8 cm³/mol. The number of benzene rings is 2. The minimum atomic E-state index is -0.562. The lowest BCUT2D eigenvalue weighted by Gasteiger charge is -2.12. The number of nitrogens with zero attached hydrogens (tertiary/aromatic N) is 1. The lowest BCUT2D eigenvalue weighted by atomic mass is 10.2. The summed E-state index contributed by atoms with van der Waals surface area (Å²) in [4.78, 5) is 10.3. The molecule has 0 atom stereocenters. The van der Waals surface area contributed by atoms with E-state index in [1.165, 1.54) is 12.1 Å². The van der Waals surface area contributed by atoms with Crippen molar-refractivity contribution in [2.24, 2.45) is 0 Å². The number of nitrogens with one attached hydrogen (secondary N) is 2. The molecule has 0 bridgehead atoms. The van der Waals surface area contributed by atoms with E-state index in [0.717, 1.165) is 0 Å². The molecule has 22 heavy (non-hydrogen) atoms. The summed E-state index contributed by atoms with van der Waals surface area (Å²) >= 11 is 17.0. The van der Waals surface area contributed by atoms with Crippen molar-refractivity contribution in [2.75, 3.05) is 16.4 Å². The molecule has 9 heteroatoms. The number of halogens is 2. The molecule has 0 heterocycles. The molecule has 0 aliphatic carbocycles. The van der Waals surface area contributed by atoms with Gasteiger partial charge in [-0.1, -0.05) is 23.2 Å². The SMILES string of the molecule is Nc1ccc(NC(=S)Nc2ccc(Cl)cc2Cl)cc1[N+](=O)[O-]. The Bertz CT molecular complexity index is 755. The zero-order valence-corrected chi connectivity index (χ0v) is 13.3. The fourth-order valence-corrected chi connectivity index (χ4v) is 2.34. The van der Waals surface area contributed by atoms with Gasteiger partial charge in [0.1, 0.15) is 5.69 Å². The quantitative estimate of drug-likeness (QED) is 0.328. The van der Waals surface area contributed by atoms with Crippen LogP contribution in [-0.4, -0.2) is 10.0 Å². The number of rotatable bonds is 3. The van der Waals surface area contributed by atoms with E-state index >= 15 is 0 Å². The monoisotopic (exact) mass is 356 g/mol. The maximum Gasteiger partial charge on any atom is 0.294 e. The number of nitrogens with two attached hydrogens (primary N) is 1. The van der Waals surface area contributed by atoms with Gasteiger partial charge in [0.25, 0.3) is 5.69 Å². The summed E-state index contributed by atoms with van der Waals surface area (Å²) in [5.74, 6) is 0. The van der Waals surface area contributed by atoms with Gasteiger partial charge in [0, 0.05) is 16.8 Å². The fourth-order valence-electron chi connectivity index (χ4n) is 1.66. The predicted octanol–water partition coefficient (Wildman–Crippen LogP) is 4.29. The molecule has 2 rings (SSSR count). The third-order valence-corrected chi connectivity index (χ3v) is 3.42. The zero-order chi connectivity index (χ0) is 16.3. The summed E-state index contributed by atoms with van der Waals surface area (Å²) in [6, 6.07) is 9.21. The Morgan fingerprint density at radius 2 is 1.91 bits per heavy atom. The molecule has 114 valence electrons. The van der Waals surface area contributed by atoms with E-state index in [1.54, 1.807) is 24.3 Å². The van der Waals surface area contributed by atoms with Crippen molar-refractivity contribution in [1.82, 2.24) is 0 Å². The van der Waals surface area contributed by atoms with Gasteiger partial charge in [0.05, 0.1) is 15.6 Å². The number of thiocarbonyl (C=S) groups is 1. The summed E-state index contributed by atoms with van der Waals surface area (Å²) < 4.78 is 0.